The predicted octanol–water partition coefficient (Wildman–Crippen LogP) is 1.03. The summed E-state index contributed by atoms with van der Waals surface area (Å²) in [5.41, 5.74) is 0.579. The zero-order valence-electron chi connectivity index (χ0n) is 5.69. The minimum absolute atomic E-state index is 0.0249. The summed E-state index contributed by atoms with van der Waals surface area (Å²) in [7, 11) is 0. The lowest BCUT2D eigenvalue weighted by Crippen LogP contribution is -2.07. The van der Waals surface area contributed by atoms with Crippen LogP contribution < -0.4 is 5.32 Å². The fourth-order valence-corrected chi connectivity index (χ4v) is 0.958. The third-order valence-electron chi connectivity index (χ3n) is 1.47. The van der Waals surface area contributed by atoms with Gasteiger partial charge in [0.15, 0.2) is 11.6 Å². The van der Waals surface area contributed by atoms with Gasteiger partial charge in [-0.3, -0.25) is 4.79 Å². The number of allylic oxidation sites excluding steroid dienone is 1. The molecule has 0 spiro atoms. The van der Waals surface area contributed by atoms with E-state index in [0.717, 1.165) is 0 Å². The van der Waals surface area contributed by atoms with Gasteiger partial charge >= 0.3 is 0 Å². The van der Waals surface area contributed by atoms with Crippen molar-refractivity contribution < 1.29 is 4.79 Å². The van der Waals surface area contributed by atoms with Crippen molar-refractivity contribution in [3.05, 3.63) is 36.2 Å². The van der Waals surface area contributed by atoms with Gasteiger partial charge in [-0.2, -0.15) is 0 Å². The number of carbonyl (C=O) groups is 1. The molecule has 1 aliphatic rings. The highest BCUT2D eigenvalue weighted by molar-refractivity contribution is 6.08. The fraction of sp³-hybridized carbons (Fsp3) is 0. The molecular formula is C8H5N2O. The molecule has 1 radical (unpaired) electrons. The van der Waals surface area contributed by atoms with Gasteiger partial charge < -0.3 is 0 Å². The third kappa shape index (κ3) is 0.902. The second kappa shape index (κ2) is 2.20. The molecule has 0 unspecified atom stereocenters. The molecule has 2 heterocycles. The molecule has 2 rings (SSSR count). The Morgan fingerprint density at radius 3 is 3.09 bits per heavy atom. The lowest BCUT2D eigenvalue weighted by molar-refractivity contribution is 0.104. The molecule has 0 aromatic carbocycles. The van der Waals surface area contributed by atoms with Crippen molar-refractivity contribution >= 4 is 11.6 Å². The van der Waals surface area contributed by atoms with Crippen LogP contribution in [0.2, 0.25) is 0 Å². The Labute approximate surface area is 63.8 Å². The van der Waals surface area contributed by atoms with Crippen molar-refractivity contribution in [3.63, 3.8) is 0 Å². The minimum atomic E-state index is -0.0249. The summed E-state index contributed by atoms with van der Waals surface area (Å²) in [5, 5.41) is 3.93. The third-order valence-corrected chi connectivity index (χ3v) is 1.47. The van der Waals surface area contributed by atoms with E-state index in [0.29, 0.717) is 11.4 Å². The average Bonchev–Trinajstić information content (AvgIpc) is 2.06. The first kappa shape index (κ1) is 6.09. The number of pyridine rings is 1. The van der Waals surface area contributed by atoms with E-state index < -0.39 is 0 Å². The summed E-state index contributed by atoms with van der Waals surface area (Å²) in [6.07, 6.45) is 4.52. The molecule has 0 aliphatic carbocycles. The monoisotopic (exact) mass is 145 g/mol. The first-order valence-electron chi connectivity index (χ1n) is 3.25. The maximum absolute atomic E-state index is 11.1. The largest absolute Gasteiger partial charge is 0.289 e. The van der Waals surface area contributed by atoms with E-state index in [1.807, 2.05) is 0 Å². The summed E-state index contributed by atoms with van der Waals surface area (Å²) in [5.74, 6) is 0.489. The van der Waals surface area contributed by atoms with E-state index >= 15 is 0 Å². The van der Waals surface area contributed by atoms with Crippen molar-refractivity contribution in [3.8, 4) is 0 Å². The van der Waals surface area contributed by atoms with E-state index in [4.69, 9.17) is 0 Å². The molecule has 3 nitrogen and oxygen atoms in total. The van der Waals surface area contributed by atoms with Crippen LogP contribution in [-0.2, 0) is 0 Å². The zero-order valence-corrected chi connectivity index (χ0v) is 5.69. The number of carbonyl (C=O) groups excluding carboxylic acids is 1. The maximum Gasteiger partial charge on any atom is 0.191 e. The second-order valence-corrected chi connectivity index (χ2v) is 2.18. The van der Waals surface area contributed by atoms with Crippen LogP contribution in [0.4, 0.5) is 5.82 Å². The highest BCUT2D eigenvalue weighted by atomic mass is 16.1. The van der Waals surface area contributed by atoms with Crippen LogP contribution in [0, 0.1) is 0 Å². The van der Waals surface area contributed by atoms with Gasteiger partial charge in [0.2, 0.25) is 0 Å². The number of fused-ring (bicyclic) bond motifs is 1. The molecule has 0 fully saturated rings. The van der Waals surface area contributed by atoms with E-state index in [2.05, 4.69) is 10.3 Å². The molecule has 1 aliphatic heterocycles. The van der Waals surface area contributed by atoms with Crippen molar-refractivity contribution in [1.82, 2.24) is 10.3 Å². The number of aromatic nitrogens is 1. The fourth-order valence-electron chi connectivity index (χ4n) is 0.958. The maximum atomic E-state index is 11.1. The molecule has 11 heavy (non-hydrogen) atoms. The molecule has 53 valence electrons. The predicted molar refractivity (Wildman–Crippen MR) is 39.5 cm³/mol. The van der Waals surface area contributed by atoms with Crippen LogP contribution in [0.15, 0.2) is 30.6 Å². The Morgan fingerprint density at radius 2 is 2.27 bits per heavy atom. The topological polar surface area (TPSA) is 44.1 Å². The summed E-state index contributed by atoms with van der Waals surface area (Å²) < 4.78 is 0. The highest BCUT2D eigenvalue weighted by Gasteiger charge is 2.12. The first-order chi connectivity index (χ1) is 5.38. The standard InChI is InChI=1S/C8H5N2O/c11-7-3-5-10-8-6(7)2-1-4-9-8/h1-5H. The van der Waals surface area contributed by atoms with Crippen LogP contribution in [0.1, 0.15) is 10.4 Å². The molecule has 0 bridgehead atoms. The summed E-state index contributed by atoms with van der Waals surface area (Å²) in [4.78, 5) is 15.0. The molecule has 1 aromatic heterocycles. The number of nitrogens with zero attached hydrogens (tertiary/aromatic N) is 2. The van der Waals surface area contributed by atoms with Gasteiger partial charge in [0.05, 0.1) is 5.56 Å². The Bertz CT molecular complexity index is 331. The smallest absolute Gasteiger partial charge is 0.191 e. The van der Waals surface area contributed by atoms with Crippen LogP contribution in [-0.4, -0.2) is 10.8 Å². The van der Waals surface area contributed by atoms with Gasteiger partial charge in [-0.1, -0.05) is 0 Å². The number of hydrogen-bond donors (Lipinski definition) is 0. The van der Waals surface area contributed by atoms with Crippen LogP contribution in [0.5, 0.6) is 0 Å². The quantitative estimate of drug-likeness (QED) is 0.547. The molecule has 1 aromatic rings. The molecule has 3 heteroatoms. The molecule has 0 saturated carbocycles. The Hall–Kier alpha value is -1.64. The van der Waals surface area contributed by atoms with Crippen molar-refractivity contribution in [1.29, 1.82) is 0 Å². The Morgan fingerprint density at radius 1 is 1.36 bits per heavy atom. The van der Waals surface area contributed by atoms with Gasteiger partial charge in [0.25, 0.3) is 0 Å². The number of ketones is 1. The normalized spacial score (nSPS) is 14.0. The lowest BCUT2D eigenvalue weighted by atomic mass is 10.1. The minimum Gasteiger partial charge on any atom is -0.289 e. The Kier molecular flexibility index (Phi) is 1.22. The number of hydrogen-bond acceptors (Lipinski definition) is 2. The van der Waals surface area contributed by atoms with Gasteiger partial charge in [-0.15, -0.1) is 0 Å². The summed E-state index contributed by atoms with van der Waals surface area (Å²) in [6, 6.07) is 3.45. The zero-order chi connectivity index (χ0) is 7.68. The van der Waals surface area contributed by atoms with E-state index in [1.165, 1.54) is 12.3 Å². The summed E-state index contributed by atoms with van der Waals surface area (Å²) >= 11 is 0. The van der Waals surface area contributed by atoms with Gasteiger partial charge in [0.1, 0.15) is 0 Å². The SMILES string of the molecule is O=C1C=C[N]c2ncccc21. The lowest BCUT2D eigenvalue weighted by Gasteiger charge is -2.05. The molecule has 0 amide bonds. The molecule has 0 saturated heterocycles. The molecule has 0 atom stereocenters. The number of rotatable bonds is 0. The Balaban J connectivity index is 2.59. The van der Waals surface area contributed by atoms with Gasteiger partial charge in [-0.05, 0) is 12.1 Å². The van der Waals surface area contributed by atoms with Crippen LogP contribution in [0.25, 0.3) is 0 Å². The second-order valence-electron chi connectivity index (χ2n) is 2.18. The van der Waals surface area contributed by atoms with E-state index in [9.17, 15) is 4.79 Å². The summed E-state index contributed by atoms with van der Waals surface area (Å²) in [6.45, 7) is 0. The van der Waals surface area contributed by atoms with E-state index in [1.54, 1.807) is 18.3 Å². The van der Waals surface area contributed by atoms with Crippen LogP contribution >= 0.6 is 0 Å². The van der Waals surface area contributed by atoms with Crippen molar-refractivity contribution in [2.24, 2.45) is 0 Å². The molecule has 0 N–H and O–H groups in total. The average molecular weight is 145 g/mol. The van der Waals surface area contributed by atoms with Gasteiger partial charge in [0, 0.05) is 18.5 Å². The van der Waals surface area contributed by atoms with Crippen LogP contribution in [0.3, 0.4) is 0 Å². The van der Waals surface area contributed by atoms with Gasteiger partial charge in [-0.25, -0.2) is 10.3 Å². The highest BCUT2D eigenvalue weighted by Crippen LogP contribution is 2.15. The van der Waals surface area contributed by atoms with E-state index in [-0.39, 0.29) is 5.78 Å². The van der Waals surface area contributed by atoms with Crippen molar-refractivity contribution in [2.45, 2.75) is 0 Å². The van der Waals surface area contributed by atoms with Crippen molar-refractivity contribution in [2.75, 3.05) is 0 Å². The first-order valence-corrected chi connectivity index (χ1v) is 3.25. The molecular weight excluding hydrogens is 140 g/mol.